The summed E-state index contributed by atoms with van der Waals surface area (Å²) in [5.41, 5.74) is 1.75. The van der Waals surface area contributed by atoms with E-state index in [1.807, 2.05) is 36.4 Å². The fraction of sp³-hybridized carbons (Fsp3) is 0.552. The van der Waals surface area contributed by atoms with Gasteiger partial charge in [-0.1, -0.05) is 29.3 Å². The molecule has 38 heavy (non-hydrogen) atoms. The van der Waals surface area contributed by atoms with Gasteiger partial charge in [0.25, 0.3) is 0 Å². The number of ether oxygens (including phenoxy) is 1. The van der Waals surface area contributed by atoms with Crippen molar-refractivity contribution in [1.82, 2.24) is 15.1 Å². The van der Waals surface area contributed by atoms with Crippen molar-refractivity contribution in [3.05, 3.63) is 58.1 Å². The molecule has 2 unspecified atom stereocenters. The normalized spacial score (nSPS) is 21.8. The standard InChI is InChI=1S/C29H38Cl2N4O3/c30-23-5-7-24(8-6-23)35-15-10-22(19-35)29(37)32-26(20-34-11-1-2-12-34)28(36)21-4-9-27(25(31)18-21)38-17-16-33-13-3-14-33/h4-9,18,22,26,28,36H,1-3,10-17,19-20H2,(H,32,37)/t22-,26?,28?/m0/s1. The van der Waals surface area contributed by atoms with E-state index in [1.165, 1.54) is 6.42 Å². The van der Waals surface area contributed by atoms with Crippen LogP contribution < -0.4 is 15.0 Å². The second-order valence-electron chi connectivity index (χ2n) is 10.7. The predicted molar refractivity (Wildman–Crippen MR) is 152 cm³/mol. The first-order valence-electron chi connectivity index (χ1n) is 13.8. The molecule has 0 bridgehead atoms. The number of hydrogen-bond acceptors (Lipinski definition) is 6. The number of hydrogen-bond donors (Lipinski definition) is 2. The second-order valence-corrected chi connectivity index (χ2v) is 11.6. The second kappa shape index (κ2) is 12.9. The third-order valence-corrected chi connectivity index (χ3v) is 8.57. The molecule has 1 amide bonds. The van der Waals surface area contributed by atoms with E-state index in [-0.39, 0.29) is 11.8 Å². The van der Waals surface area contributed by atoms with Gasteiger partial charge in [-0.2, -0.15) is 0 Å². The highest BCUT2D eigenvalue weighted by atomic mass is 35.5. The molecule has 0 saturated carbocycles. The fourth-order valence-corrected chi connectivity index (χ4v) is 5.94. The number of rotatable bonds is 11. The summed E-state index contributed by atoms with van der Waals surface area (Å²) in [5, 5.41) is 15.8. The minimum atomic E-state index is -0.874. The van der Waals surface area contributed by atoms with Gasteiger partial charge in [0.1, 0.15) is 18.5 Å². The van der Waals surface area contributed by atoms with Crippen LogP contribution in [0.5, 0.6) is 5.75 Å². The van der Waals surface area contributed by atoms with E-state index in [2.05, 4.69) is 20.0 Å². The smallest absolute Gasteiger partial charge is 0.225 e. The molecule has 3 saturated heterocycles. The molecule has 206 valence electrons. The molecule has 3 heterocycles. The van der Waals surface area contributed by atoms with Crippen molar-refractivity contribution in [3.63, 3.8) is 0 Å². The van der Waals surface area contributed by atoms with Crippen LogP contribution in [0.25, 0.3) is 0 Å². The van der Waals surface area contributed by atoms with Crippen LogP contribution in [-0.2, 0) is 4.79 Å². The topological polar surface area (TPSA) is 68.3 Å². The highest BCUT2D eigenvalue weighted by Crippen LogP contribution is 2.31. The van der Waals surface area contributed by atoms with E-state index in [4.69, 9.17) is 27.9 Å². The quantitative estimate of drug-likeness (QED) is 0.429. The van der Waals surface area contributed by atoms with Gasteiger partial charge >= 0.3 is 0 Å². The van der Waals surface area contributed by atoms with E-state index in [0.717, 1.165) is 64.2 Å². The third-order valence-electron chi connectivity index (χ3n) is 8.02. The molecule has 9 heteroatoms. The number of anilines is 1. The van der Waals surface area contributed by atoms with Crippen molar-refractivity contribution in [3.8, 4) is 5.75 Å². The van der Waals surface area contributed by atoms with Gasteiger partial charge in [-0.15, -0.1) is 0 Å². The highest BCUT2D eigenvalue weighted by molar-refractivity contribution is 6.32. The van der Waals surface area contributed by atoms with E-state index in [9.17, 15) is 9.90 Å². The fourth-order valence-electron chi connectivity index (χ4n) is 5.57. The lowest BCUT2D eigenvalue weighted by atomic mass is 10.00. The van der Waals surface area contributed by atoms with Gasteiger partial charge in [0, 0.05) is 36.9 Å². The number of benzene rings is 2. The molecule has 3 atom stereocenters. The average molecular weight is 562 g/mol. The lowest BCUT2D eigenvalue weighted by molar-refractivity contribution is -0.126. The zero-order valence-electron chi connectivity index (χ0n) is 21.8. The van der Waals surface area contributed by atoms with Gasteiger partial charge in [-0.3, -0.25) is 9.69 Å². The summed E-state index contributed by atoms with van der Waals surface area (Å²) in [4.78, 5) is 20.3. The zero-order valence-corrected chi connectivity index (χ0v) is 23.3. The van der Waals surface area contributed by atoms with E-state index >= 15 is 0 Å². The Morgan fingerprint density at radius 2 is 1.74 bits per heavy atom. The van der Waals surface area contributed by atoms with Gasteiger partial charge < -0.3 is 25.0 Å². The van der Waals surface area contributed by atoms with E-state index in [0.29, 0.717) is 41.1 Å². The van der Waals surface area contributed by atoms with E-state index < -0.39 is 12.1 Å². The van der Waals surface area contributed by atoms with Crippen LogP contribution in [0, 0.1) is 5.92 Å². The SMILES string of the molecule is O=C(NC(CN1CCCC1)C(O)c1ccc(OCCN2CCC2)c(Cl)c1)[C@H]1CCN(c2ccc(Cl)cc2)C1. The Labute approximate surface area is 235 Å². The molecule has 2 N–H and O–H groups in total. The average Bonchev–Trinajstić information content (AvgIpc) is 3.58. The number of halogens is 2. The molecule has 0 aromatic heterocycles. The summed E-state index contributed by atoms with van der Waals surface area (Å²) in [6.07, 6.45) is 3.44. The maximum atomic E-state index is 13.4. The molecule has 2 aromatic rings. The molecule has 5 rings (SSSR count). The minimum absolute atomic E-state index is 0.0123. The number of aliphatic hydroxyl groups is 1. The molecule has 7 nitrogen and oxygen atoms in total. The summed E-state index contributed by atoms with van der Waals surface area (Å²) in [7, 11) is 0. The van der Waals surface area contributed by atoms with Crippen LogP contribution in [0.4, 0.5) is 5.69 Å². The van der Waals surface area contributed by atoms with Crippen LogP contribution in [0.3, 0.4) is 0 Å². The van der Waals surface area contributed by atoms with Crippen molar-refractivity contribution >= 4 is 34.8 Å². The zero-order chi connectivity index (χ0) is 26.5. The Morgan fingerprint density at radius 3 is 2.42 bits per heavy atom. The first-order valence-corrected chi connectivity index (χ1v) is 14.6. The number of carbonyl (C=O) groups excluding carboxylic acids is 1. The number of amides is 1. The van der Waals surface area contributed by atoms with Gasteiger partial charge in [0.15, 0.2) is 0 Å². The number of likely N-dealkylation sites (tertiary alicyclic amines) is 2. The molecule has 2 aromatic carbocycles. The number of carbonyl (C=O) groups is 1. The lowest BCUT2D eigenvalue weighted by Crippen LogP contribution is -2.48. The molecule has 0 radical (unpaired) electrons. The Morgan fingerprint density at radius 1 is 1.00 bits per heavy atom. The lowest BCUT2D eigenvalue weighted by Gasteiger charge is -2.30. The molecule has 0 spiro atoms. The van der Waals surface area contributed by atoms with Gasteiger partial charge in [-0.25, -0.2) is 0 Å². The van der Waals surface area contributed by atoms with Crippen LogP contribution >= 0.6 is 23.2 Å². The predicted octanol–water partition coefficient (Wildman–Crippen LogP) is 4.22. The summed E-state index contributed by atoms with van der Waals surface area (Å²) in [6.45, 7) is 7.77. The van der Waals surface area contributed by atoms with Gasteiger partial charge in [-0.05, 0) is 93.8 Å². The Bertz CT molecular complexity index is 1080. The molecular weight excluding hydrogens is 523 g/mol. The first-order chi connectivity index (χ1) is 18.5. The van der Waals surface area contributed by atoms with E-state index in [1.54, 1.807) is 6.07 Å². The molecule has 3 aliphatic heterocycles. The first kappa shape index (κ1) is 27.5. The highest BCUT2D eigenvalue weighted by Gasteiger charge is 2.33. The van der Waals surface area contributed by atoms with Crippen LogP contribution in [0.1, 0.15) is 37.4 Å². The monoisotopic (exact) mass is 560 g/mol. The summed E-state index contributed by atoms with van der Waals surface area (Å²) < 4.78 is 5.89. The Hall–Kier alpha value is -2.03. The maximum Gasteiger partial charge on any atom is 0.225 e. The summed E-state index contributed by atoms with van der Waals surface area (Å²) in [5.74, 6) is 0.475. The maximum absolute atomic E-state index is 13.4. The van der Waals surface area contributed by atoms with Crippen LogP contribution in [-0.4, -0.2) is 85.8 Å². The third kappa shape index (κ3) is 6.93. The van der Waals surface area contributed by atoms with Crippen molar-refractivity contribution in [2.24, 2.45) is 5.92 Å². The molecule has 0 aliphatic carbocycles. The van der Waals surface area contributed by atoms with Crippen molar-refractivity contribution in [2.75, 3.05) is 63.9 Å². The Balaban J connectivity index is 1.22. The molecular formula is C29H38Cl2N4O3. The molecule has 3 fully saturated rings. The number of aliphatic hydroxyl groups excluding tert-OH is 1. The Kier molecular flexibility index (Phi) is 9.33. The molecule has 3 aliphatic rings. The number of nitrogens with one attached hydrogen (secondary N) is 1. The van der Waals surface area contributed by atoms with Crippen molar-refractivity contribution in [1.29, 1.82) is 0 Å². The van der Waals surface area contributed by atoms with Crippen molar-refractivity contribution < 1.29 is 14.6 Å². The minimum Gasteiger partial charge on any atom is -0.491 e. The summed E-state index contributed by atoms with van der Waals surface area (Å²) >= 11 is 12.6. The van der Waals surface area contributed by atoms with Crippen molar-refractivity contribution in [2.45, 2.75) is 37.8 Å². The van der Waals surface area contributed by atoms with Crippen LogP contribution in [0.2, 0.25) is 10.0 Å². The largest absolute Gasteiger partial charge is 0.491 e. The van der Waals surface area contributed by atoms with Gasteiger partial charge in [0.05, 0.1) is 17.0 Å². The number of nitrogens with zero attached hydrogens (tertiary/aromatic N) is 3. The van der Waals surface area contributed by atoms with Gasteiger partial charge in [0.2, 0.25) is 5.91 Å². The van der Waals surface area contributed by atoms with Crippen LogP contribution in [0.15, 0.2) is 42.5 Å². The summed E-state index contributed by atoms with van der Waals surface area (Å²) in [6, 6.07) is 12.8.